The Bertz CT molecular complexity index is 384. The maximum absolute atomic E-state index is 6.01. The molecule has 0 spiro atoms. The number of aryl methyl sites for hydroxylation is 1. The van der Waals surface area contributed by atoms with Crippen LogP contribution < -0.4 is 10.5 Å². The van der Waals surface area contributed by atoms with Gasteiger partial charge in [-0.25, -0.2) is 0 Å². The van der Waals surface area contributed by atoms with E-state index in [1.54, 1.807) is 7.11 Å². The highest BCUT2D eigenvalue weighted by atomic mass is 16.5. The maximum Gasteiger partial charge on any atom is 0.122 e. The molecule has 1 aromatic carbocycles. The van der Waals surface area contributed by atoms with Crippen molar-refractivity contribution in [3.8, 4) is 5.75 Å². The van der Waals surface area contributed by atoms with E-state index < -0.39 is 0 Å². The normalized spacial score (nSPS) is 28.6. The zero-order chi connectivity index (χ0) is 11.8. The minimum atomic E-state index is 0.150. The number of methoxy groups -OCH3 is 1. The first-order valence-electron chi connectivity index (χ1n) is 5.99. The van der Waals surface area contributed by atoms with Gasteiger partial charge in [0.05, 0.1) is 7.11 Å². The number of ether oxygens (including phenoxy) is 1. The summed E-state index contributed by atoms with van der Waals surface area (Å²) in [5, 5.41) is 0. The first-order chi connectivity index (χ1) is 7.64. The lowest BCUT2D eigenvalue weighted by Crippen LogP contribution is -2.48. The van der Waals surface area contributed by atoms with Crippen molar-refractivity contribution < 1.29 is 4.74 Å². The molecule has 1 fully saturated rings. The Morgan fingerprint density at radius 3 is 2.69 bits per heavy atom. The summed E-state index contributed by atoms with van der Waals surface area (Å²) >= 11 is 0. The highest BCUT2D eigenvalue weighted by Gasteiger charge is 2.45. The van der Waals surface area contributed by atoms with Crippen molar-refractivity contribution in [1.29, 1.82) is 0 Å². The van der Waals surface area contributed by atoms with E-state index in [-0.39, 0.29) is 5.41 Å². The van der Waals surface area contributed by atoms with Gasteiger partial charge in [-0.15, -0.1) is 0 Å². The summed E-state index contributed by atoms with van der Waals surface area (Å²) in [6.07, 6.45) is 2.46. The summed E-state index contributed by atoms with van der Waals surface area (Å²) in [6, 6.07) is 6.39. The molecule has 2 unspecified atom stereocenters. The van der Waals surface area contributed by atoms with Gasteiger partial charge >= 0.3 is 0 Å². The third-order valence-electron chi connectivity index (χ3n) is 4.22. The van der Waals surface area contributed by atoms with Gasteiger partial charge in [-0.1, -0.05) is 24.6 Å². The molecule has 1 aliphatic carbocycles. The minimum Gasteiger partial charge on any atom is -0.496 e. The largest absolute Gasteiger partial charge is 0.496 e. The SMILES string of the molecule is COc1ccc(C)cc1C1(CN)CCC1C. The maximum atomic E-state index is 6.01. The van der Waals surface area contributed by atoms with E-state index in [0.717, 1.165) is 5.75 Å². The van der Waals surface area contributed by atoms with Crippen LogP contribution in [0.1, 0.15) is 30.9 Å². The van der Waals surface area contributed by atoms with Crippen LogP contribution in [0.15, 0.2) is 18.2 Å². The molecule has 2 N–H and O–H groups in total. The third kappa shape index (κ3) is 1.52. The van der Waals surface area contributed by atoms with E-state index in [4.69, 9.17) is 10.5 Å². The molecule has 1 saturated carbocycles. The van der Waals surface area contributed by atoms with Crippen LogP contribution in [0.25, 0.3) is 0 Å². The lowest BCUT2D eigenvalue weighted by Gasteiger charge is -2.48. The lowest BCUT2D eigenvalue weighted by atomic mass is 9.57. The van der Waals surface area contributed by atoms with Gasteiger partial charge in [-0.3, -0.25) is 0 Å². The van der Waals surface area contributed by atoms with E-state index in [1.807, 2.05) is 0 Å². The quantitative estimate of drug-likeness (QED) is 0.848. The average Bonchev–Trinajstić information content (AvgIpc) is 2.29. The molecule has 1 aliphatic rings. The fourth-order valence-corrected chi connectivity index (χ4v) is 2.81. The Morgan fingerprint density at radius 2 is 2.25 bits per heavy atom. The first-order valence-corrected chi connectivity index (χ1v) is 5.99. The zero-order valence-electron chi connectivity index (χ0n) is 10.4. The minimum absolute atomic E-state index is 0.150. The van der Waals surface area contributed by atoms with Gasteiger partial charge in [0.15, 0.2) is 0 Å². The smallest absolute Gasteiger partial charge is 0.122 e. The van der Waals surface area contributed by atoms with Gasteiger partial charge in [-0.05, 0) is 31.7 Å². The van der Waals surface area contributed by atoms with E-state index in [9.17, 15) is 0 Å². The van der Waals surface area contributed by atoms with Gasteiger partial charge in [-0.2, -0.15) is 0 Å². The lowest BCUT2D eigenvalue weighted by molar-refractivity contribution is 0.142. The molecule has 0 aliphatic heterocycles. The van der Waals surface area contributed by atoms with Gasteiger partial charge in [0, 0.05) is 17.5 Å². The highest BCUT2D eigenvalue weighted by molar-refractivity contribution is 5.44. The molecular formula is C14H21NO. The molecule has 0 amide bonds. The fraction of sp³-hybridized carbons (Fsp3) is 0.571. The fourth-order valence-electron chi connectivity index (χ4n) is 2.81. The van der Waals surface area contributed by atoms with E-state index in [1.165, 1.54) is 24.0 Å². The van der Waals surface area contributed by atoms with Crippen LogP contribution >= 0.6 is 0 Å². The Morgan fingerprint density at radius 1 is 1.50 bits per heavy atom. The van der Waals surface area contributed by atoms with Gasteiger partial charge in [0.2, 0.25) is 0 Å². The van der Waals surface area contributed by atoms with Crippen molar-refractivity contribution in [3.63, 3.8) is 0 Å². The molecule has 0 radical (unpaired) electrons. The van der Waals surface area contributed by atoms with Crippen LogP contribution in [-0.2, 0) is 5.41 Å². The molecule has 0 saturated heterocycles. The van der Waals surface area contributed by atoms with Crippen molar-refractivity contribution in [2.45, 2.75) is 32.1 Å². The third-order valence-corrected chi connectivity index (χ3v) is 4.22. The Labute approximate surface area is 97.8 Å². The van der Waals surface area contributed by atoms with Crippen LogP contribution in [0.5, 0.6) is 5.75 Å². The average molecular weight is 219 g/mol. The second-order valence-corrected chi connectivity index (χ2v) is 5.00. The molecule has 2 nitrogen and oxygen atoms in total. The van der Waals surface area contributed by atoms with Crippen LogP contribution in [0.3, 0.4) is 0 Å². The van der Waals surface area contributed by atoms with Crippen LogP contribution in [0, 0.1) is 12.8 Å². The summed E-state index contributed by atoms with van der Waals surface area (Å²) in [4.78, 5) is 0. The van der Waals surface area contributed by atoms with Crippen molar-refractivity contribution >= 4 is 0 Å². The number of benzene rings is 1. The summed E-state index contributed by atoms with van der Waals surface area (Å²) in [7, 11) is 1.74. The summed E-state index contributed by atoms with van der Waals surface area (Å²) in [5.41, 5.74) is 8.74. The van der Waals surface area contributed by atoms with E-state index in [0.29, 0.717) is 12.5 Å². The van der Waals surface area contributed by atoms with Crippen molar-refractivity contribution in [2.75, 3.05) is 13.7 Å². The standard InChI is InChI=1S/C14H21NO/c1-10-4-5-13(16-3)12(8-10)14(9-15)7-6-11(14)2/h4-5,8,11H,6-7,9,15H2,1-3H3. The molecular weight excluding hydrogens is 198 g/mol. The topological polar surface area (TPSA) is 35.2 Å². The number of nitrogens with two attached hydrogens (primary N) is 1. The molecule has 0 bridgehead atoms. The van der Waals surface area contributed by atoms with Gasteiger partial charge < -0.3 is 10.5 Å². The van der Waals surface area contributed by atoms with Crippen molar-refractivity contribution in [1.82, 2.24) is 0 Å². The molecule has 2 heteroatoms. The predicted octanol–water partition coefficient (Wildman–Crippen LogP) is 2.63. The van der Waals surface area contributed by atoms with Crippen molar-refractivity contribution in [3.05, 3.63) is 29.3 Å². The molecule has 1 aromatic rings. The summed E-state index contributed by atoms with van der Waals surface area (Å²) < 4.78 is 5.48. The molecule has 0 heterocycles. The second-order valence-electron chi connectivity index (χ2n) is 5.00. The summed E-state index contributed by atoms with van der Waals surface area (Å²) in [6.45, 7) is 5.13. The van der Waals surface area contributed by atoms with Crippen molar-refractivity contribution in [2.24, 2.45) is 11.7 Å². The predicted molar refractivity (Wildman–Crippen MR) is 66.9 cm³/mol. The Hall–Kier alpha value is -1.02. The Kier molecular flexibility index (Phi) is 2.94. The second kappa shape index (κ2) is 4.10. The highest BCUT2D eigenvalue weighted by Crippen LogP contribution is 2.50. The van der Waals surface area contributed by atoms with Gasteiger partial charge in [0.25, 0.3) is 0 Å². The van der Waals surface area contributed by atoms with Gasteiger partial charge in [0.1, 0.15) is 5.75 Å². The monoisotopic (exact) mass is 219 g/mol. The van der Waals surface area contributed by atoms with E-state index >= 15 is 0 Å². The zero-order valence-corrected chi connectivity index (χ0v) is 10.4. The summed E-state index contributed by atoms with van der Waals surface area (Å²) in [5.74, 6) is 1.65. The van der Waals surface area contributed by atoms with Crippen LogP contribution in [0.2, 0.25) is 0 Å². The number of rotatable bonds is 3. The molecule has 2 rings (SSSR count). The first kappa shape index (κ1) is 11.5. The Balaban J connectivity index is 2.48. The number of hydrogen-bond donors (Lipinski definition) is 1. The molecule has 16 heavy (non-hydrogen) atoms. The number of hydrogen-bond acceptors (Lipinski definition) is 2. The van der Waals surface area contributed by atoms with Crippen LogP contribution in [-0.4, -0.2) is 13.7 Å². The van der Waals surface area contributed by atoms with E-state index in [2.05, 4.69) is 32.0 Å². The molecule has 2 atom stereocenters. The molecule has 88 valence electrons. The molecule has 0 aromatic heterocycles. The van der Waals surface area contributed by atoms with Crippen LogP contribution in [0.4, 0.5) is 0 Å².